The van der Waals surface area contributed by atoms with Crippen molar-refractivity contribution in [1.29, 1.82) is 0 Å². The van der Waals surface area contributed by atoms with E-state index in [0.717, 1.165) is 0 Å². The van der Waals surface area contributed by atoms with Crippen molar-refractivity contribution < 1.29 is 27.2 Å². The maximum Gasteiger partial charge on any atom is 0.298 e. The van der Waals surface area contributed by atoms with Crippen molar-refractivity contribution >= 4 is 27.4 Å². The third-order valence-corrected chi connectivity index (χ3v) is 6.35. The zero-order valence-corrected chi connectivity index (χ0v) is 15.4. The summed E-state index contributed by atoms with van der Waals surface area (Å²) in [6.45, 7) is 0.463. The Morgan fingerprint density at radius 2 is 1.77 bits per heavy atom. The molecule has 1 aromatic rings. The third-order valence-electron chi connectivity index (χ3n) is 4.65. The standard InChI is InChI=1S/C16H21N3O6S/c1-17(2)8-14(20)18-5-6-19(12-10-26(23,24)9-11(12)18)16(22)15(21)13-4-3-7-25-13/h3-4,7,11-12H,5-6,8-10H2,1-2H3/t11-,12+/m1/s1. The molecule has 0 N–H and O–H groups in total. The van der Waals surface area contributed by atoms with Crippen LogP contribution in [-0.2, 0) is 19.4 Å². The maximum absolute atomic E-state index is 12.6. The predicted molar refractivity (Wildman–Crippen MR) is 91.2 cm³/mol. The summed E-state index contributed by atoms with van der Waals surface area (Å²) in [5.41, 5.74) is 0. The van der Waals surface area contributed by atoms with Crippen molar-refractivity contribution in [2.45, 2.75) is 12.1 Å². The average Bonchev–Trinajstić information content (AvgIpc) is 3.17. The average molecular weight is 383 g/mol. The van der Waals surface area contributed by atoms with Crippen molar-refractivity contribution in [3.63, 3.8) is 0 Å². The minimum Gasteiger partial charge on any atom is -0.461 e. The molecule has 0 spiro atoms. The lowest BCUT2D eigenvalue weighted by Gasteiger charge is -2.43. The van der Waals surface area contributed by atoms with Crippen molar-refractivity contribution in [2.24, 2.45) is 0 Å². The van der Waals surface area contributed by atoms with Gasteiger partial charge in [-0.15, -0.1) is 0 Å². The Morgan fingerprint density at radius 3 is 2.35 bits per heavy atom. The van der Waals surface area contributed by atoms with E-state index < -0.39 is 33.6 Å². The Bertz CT molecular complexity index is 817. The van der Waals surface area contributed by atoms with Gasteiger partial charge >= 0.3 is 0 Å². The van der Waals surface area contributed by atoms with E-state index in [1.54, 1.807) is 19.0 Å². The molecule has 3 rings (SSSR count). The fourth-order valence-corrected chi connectivity index (χ4v) is 5.50. The second-order valence-corrected chi connectivity index (χ2v) is 9.00. The number of ketones is 1. The van der Waals surface area contributed by atoms with Gasteiger partial charge in [0.2, 0.25) is 5.91 Å². The number of carbonyl (C=O) groups is 3. The Balaban J connectivity index is 1.84. The molecule has 2 saturated heterocycles. The van der Waals surface area contributed by atoms with E-state index in [1.807, 2.05) is 0 Å². The van der Waals surface area contributed by atoms with Gasteiger partial charge in [0.05, 0.1) is 36.4 Å². The second kappa shape index (κ2) is 6.84. The largest absolute Gasteiger partial charge is 0.461 e. The van der Waals surface area contributed by atoms with Crippen LogP contribution >= 0.6 is 0 Å². The first kappa shape index (κ1) is 18.6. The highest BCUT2D eigenvalue weighted by Crippen LogP contribution is 2.28. The van der Waals surface area contributed by atoms with Crippen LogP contribution in [0.5, 0.6) is 0 Å². The van der Waals surface area contributed by atoms with Crippen LogP contribution in [0.4, 0.5) is 0 Å². The molecule has 3 heterocycles. The molecule has 26 heavy (non-hydrogen) atoms. The molecular formula is C16H21N3O6S. The molecule has 0 bridgehead atoms. The van der Waals surface area contributed by atoms with Gasteiger partial charge in [-0.3, -0.25) is 14.4 Å². The summed E-state index contributed by atoms with van der Waals surface area (Å²) in [6, 6.07) is 1.54. The van der Waals surface area contributed by atoms with Crippen LogP contribution in [0.1, 0.15) is 10.6 Å². The highest BCUT2D eigenvalue weighted by molar-refractivity contribution is 7.91. The number of nitrogens with zero attached hydrogens (tertiary/aromatic N) is 3. The summed E-state index contributed by atoms with van der Waals surface area (Å²) in [4.78, 5) is 41.9. The lowest BCUT2D eigenvalue weighted by molar-refractivity contribution is -0.143. The number of hydrogen-bond donors (Lipinski definition) is 0. The zero-order valence-electron chi connectivity index (χ0n) is 14.6. The van der Waals surface area contributed by atoms with Crippen molar-refractivity contribution in [3.8, 4) is 0 Å². The van der Waals surface area contributed by atoms with Gasteiger partial charge in [0.25, 0.3) is 11.7 Å². The molecule has 9 nitrogen and oxygen atoms in total. The second-order valence-electron chi connectivity index (χ2n) is 6.84. The van der Waals surface area contributed by atoms with Gasteiger partial charge in [-0.2, -0.15) is 0 Å². The molecular weight excluding hydrogens is 362 g/mol. The van der Waals surface area contributed by atoms with Crippen LogP contribution in [0, 0.1) is 0 Å². The smallest absolute Gasteiger partial charge is 0.298 e. The first-order valence-electron chi connectivity index (χ1n) is 8.23. The topological polar surface area (TPSA) is 108 Å². The number of Topliss-reactive ketones (excluding diaryl/α,β-unsaturated/α-hetero) is 1. The fourth-order valence-electron chi connectivity index (χ4n) is 3.52. The summed E-state index contributed by atoms with van der Waals surface area (Å²) in [5.74, 6) is -2.33. The molecule has 10 heteroatoms. The zero-order chi connectivity index (χ0) is 19.1. The number of piperazine rings is 1. The lowest BCUT2D eigenvalue weighted by Crippen LogP contribution is -2.63. The molecule has 0 unspecified atom stereocenters. The Labute approximate surface area is 151 Å². The van der Waals surface area contributed by atoms with E-state index >= 15 is 0 Å². The predicted octanol–water partition coefficient (Wildman–Crippen LogP) is -1.14. The summed E-state index contributed by atoms with van der Waals surface area (Å²) < 4.78 is 29.3. The number of furan rings is 1. The molecule has 1 aromatic heterocycles. The number of likely N-dealkylation sites (N-methyl/N-ethyl adjacent to an activating group) is 1. The first-order valence-corrected chi connectivity index (χ1v) is 10.0. The molecule has 2 aliphatic rings. The monoisotopic (exact) mass is 383 g/mol. The van der Waals surface area contributed by atoms with Gasteiger partial charge in [0.1, 0.15) is 0 Å². The number of hydrogen-bond acceptors (Lipinski definition) is 7. The Hall–Kier alpha value is -2.20. The molecule has 0 aromatic carbocycles. The summed E-state index contributed by atoms with van der Waals surface area (Å²) in [7, 11) is 0.0993. The number of fused-ring (bicyclic) bond motifs is 1. The molecule has 2 amide bonds. The van der Waals surface area contributed by atoms with Crippen molar-refractivity contribution in [1.82, 2.24) is 14.7 Å². The minimum absolute atomic E-state index is 0.0847. The van der Waals surface area contributed by atoms with Gasteiger partial charge < -0.3 is 19.1 Å². The molecule has 0 saturated carbocycles. The highest BCUT2D eigenvalue weighted by Gasteiger charge is 2.50. The molecule has 2 atom stereocenters. The van der Waals surface area contributed by atoms with E-state index in [2.05, 4.69) is 0 Å². The fraction of sp³-hybridized carbons (Fsp3) is 0.562. The van der Waals surface area contributed by atoms with Gasteiger partial charge in [0, 0.05) is 13.1 Å². The molecule has 0 radical (unpaired) electrons. The normalized spacial score (nSPS) is 24.6. The van der Waals surface area contributed by atoms with Crippen LogP contribution < -0.4 is 0 Å². The van der Waals surface area contributed by atoms with E-state index in [4.69, 9.17) is 4.42 Å². The minimum atomic E-state index is -3.41. The van der Waals surface area contributed by atoms with Gasteiger partial charge in [-0.1, -0.05) is 0 Å². The van der Waals surface area contributed by atoms with E-state index in [9.17, 15) is 22.8 Å². The third kappa shape index (κ3) is 3.51. The van der Waals surface area contributed by atoms with Crippen LogP contribution in [0.15, 0.2) is 22.8 Å². The lowest BCUT2D eigenvalue weighted by atomic mass is 10.0. The van der Waals surface area contributed by atoms with Crippen LogP contribution in [0.2, 0.25) is 0 Å². The highest BCUT2D eigenvalue weighted by atomic mass is 32.2. The molecule has 2 fully saturated rings. The molecule has 2 aliphatic heterocycles. The van der Waals surface area contributed by atoms with E-state index in [1.165, 1.54) is 28.2 Å². The number of sulfone groups is 1. The van der Waals surface area contributed by atoms with Crippen molar-refractivity contribution in [3.05, 3.63) is 24.2 Å². The van der Waals surface area contributed by atoms with Gasteiger partial charge in [-0.25, -0.2) is 8.42 Å². The number of rotatable bonds is 4. The molecule has 142 valence electrons. The SMILES string of the molecule is CN(C)CC(=O)N1CCN(C(=O)C(=O)c2ccco2)[C@H]2CS(=O)(=O)C[C@H]21. The summed E-state index contributed by atoms with van der Waals surface area (Å²) >= 11 is 0. The number of carbonyl (C=O) groups excluding carboxylic acids is 3. The quantitative estimate of drug-likeness (QED) is 0.478. The summed E-state index contributed by atoms with van der Waals surface area (Å²) in [5, 5.41) is 0. The number of amides is 2. The van der Waals surface area contributed by atoms with Crippen LogP contribution in [0.3, 0.4) is 0 Å². The maximum atomic E-state index is 12.6. The Kier molecular flexibility index (Phi) is 4.89. The van der Waals surface area contributed by atoms with E-state index in [0.29, 0.717) is 0 Å². The first-order chi connectivity index (χ1) is 12.2. The van der Waals surface area contributed by atoms with Crippen molar-refractivity contribution in [2.75, 3.05) is 45.2 Å². The Morgan fingerprint density at radius 1 is 1.15 bits per heavy atom. The van der Waals surface area contributed by atoms with Crippen LogP contribution in [-0.4, -0.2) is 98.0 Å². The van der Waals surface area contributed by atoms with Crippen LogP contribution in [0.25, 0.3) is 0 Å². The van der Waals surface area contributed by atoms with Gasteiger partial charge in [-0.05, 0) is 26.2 Å². The summed E-state index contributed by atoms with van der Waals surface area (Å²) in [6.07, 6.45) is 1.29. The molecule has 0 aliphatic carbocycles. The van der Waals surface area contributed by atoms with E-state index in [-0.39, 0.29) is 42.8 Å². The van der Waals surface area contributed by atoms with Gasteiger partial charge in [0.15, 0.2) is 15.6 Å².